The third-order valence-electron chi connectivity index (χ3n) is 4.11. The highest BCUT2D eigenvalue weighted by molar-refractivity contribution is 6.20. The Kier molecular flexibility index (Phi) is 4.37. The summed E-state index contributed by atoms with van der Waals surface area (Å²) in [7, 11) is 0. The van der Waals surface area contributed by atoms with Gasteiger partial charge in [0, 0.05) is 12.1 Å². The van der Waals surface area contributed by atoms with E-state index in [1.807, 2.05) is 30.3 Å². The smallest absolute Gasteiger partial charge is 0.414 e. The Labute approximate surface area is 147 Å². The molecule has 0 N–H and O–H groups in total. The van der Waals surface area contributed by atoms with Crippen molar-refractivity contribution in [2.24, 2.45) is 0 Å². The molecule has 0 atom stereocenters. The van der Waals surface area contributed by atoms with Crippen LogP contribution < -0.4 is 0 Å². The maximum atomic E-state index is 12.8. The summed E-state index contributed by atoms with van der Waals surface area (Å²) < 4.78 is 5.39. The Morgan fingerprint density at radius 2 is 1.80 bits per heavy atom. The van der Waals surface area contributed by atoms with Crippen molar-refractivity contribution in [3.8, 4) is 0 Å². The van der Waals surface area contributed by atoms with Gasteiger partial charge in [0.25, 0.3) is 11.8 Å². The number of ether oxygens (including phenoxy) is 1. The maximum Gasteiger partial charge on any atom is 0.414 e. The Morgan fingerprint density at radius 3 is 2.44 bits per heavy atom. The van der Waals surface area contributed by atoms with Gasteiger partial charge in [-0.05, 0) is 39.2 Å². The van der Waals surface area contributed by atoms with E-state index >= 15 is 0 Å². The zero-order valence-corrected chi connectivity index (χ0v) is 14.7. The first-order valence-electron chi connectivity index (χ1n) is 8.42. The average molecular weight is 342 g/mol. The lowest BCUT2D eigenvalue weighted by Gasteiger charge is -2.30. The fourth-order valence-electron chi connectivity index (χ4n) is 3.05. The molecule has 0 saturated heterocycles. The van der Waals surface area contributed by atoms with E-state index in [2.05, 4.69) is 0 Å². The number of hydrogen-bond donors (Lipinski definition) is 0. The second-order valence-electron chi connectivity index (χ2n) is 7.24. The molecule has 132 valence electrons. The Hall–Kier alpha value is -2.63. The zero-order chi connectivity index (χ0) is 18.2. The van der Waals surface area contributed by atoms with E-state index in [-0.39, 0.29) is 18.1 Å². The summed E-state index contributed by atoms with van der Waals surface area (Å²) in [5.41, 5.74) is 0.803. The van der Waals surface area contributed by atoms with E-state index in [9.17, 15) is 14.4 Å². The number of nitrogens with zero attached hydrogens (tertiary/aromatic N) is 2. The van der Waals surface area contributed by atoms with E-state index in [1.165, 1.54) is 9.80 Å². The molecule has 1 aromatic rings. The number of benzene rings is 1. The normalized spacial score (nSPS) is 17.9. The van der Waals surface area contributed by atoms with Crippen LogP contribution in [0.2, 0.25) is 0 Å². The summed E-state index contributed by atoms with van der Waals surface area (Å²) in [5, 5.41) is 0. The van der Waals surface area contributed by atoms with Gasteiger partial charge in [-0.3, -0.25) is 19.4 Å². The van der Waals surface area contributed by atoms with Crippen LogP contribution in [0.25, 0.3) is 0 Å². The number of hydrogen-bond acceptors (Lipinski definition) is 4. The van der Waals surface area contributed by atoms with Crippen LogP contribution in [-0.2, 0) is 20.9 Å². The third kappa shape index (κ3) is 3.43. The van der Waals surface area contributed by atoms with Crippen molar-refractivity contribution in [2.75, 3.05) is 6.54 Å². The standard InChI is InChI=1S/C19H22N2O4/c1-19(2,3)25-18(24)20-11-7-10-14-15(20)17(23)21(16(14)22)12-13-8-5-4-6-9-13/h4-6,8-9H,7,10-12H2,1-3H3. The van der Waals surface area contributed by atoms with Gasteiger partial charge in [-0.25, -0.2) is 4.79 Å². The molecule has 3 rings (SSSR count). The monoisotopic (exact) mass is 342 g/mol. The van der Waals surface area contributed by atoms with Crippen LogP contribution in [0.3, 0.4) is 0 Å². The van der Waals surface area contributed by atoms with Crippen LogP contribution in [0, 0.1) is 0 Å². The van der Waals surface area contributed by atoms with Crippen LogP contribution in [0.5, 0.6) is 0 Å². The van der Waals surface area contributed by atoms with E-state index in [1.54, 1.807) is 20.8 Å². The van der Waals surface area contributed by atoms with E-state index in [0.29, 0.717) is 25.0 Å². The lowest BCUT2D eigenvalue weighted by Crippen LogP contribution is -2.41. The second kappa shape index (κ2) is 6.35. The lowest BCUT2D eigenvalue weighted by atomic mass is 10.0. The molecule has 2 heterocycles. The Morgan fingerprint density at radius 1 is 1.12 bits per heavy atom. The summed E-state index contributed by atoms with van der Waals surface area (Å²) in [5.74, 6) is -0.730. The summed E-state index contributed by atoms with van der Waals surface area (Å²) in [6.45, 7) is 5.90. The lowest BCUT2D eigenvalue weighted by molar-refractivity contribution is -0.138. The average Bonchev–Trinajstić information content (AvgIpc) is 2.79. The summed E-state index contributed by atoms with van der Waals surface area (Å²) in [6, 6.07) is 9.33. The highest BCUT2D eigenvalue weighted by Gasteiger charge is 2.44. The number of carbonyl (C=O) groups excluding carboxylic acids is 3. The van der Waals surface area contributed by atoms with Crippen molar-refractivity contribution >= 4 is 17.9 Å². The molecule has 0 aromatic heterocycles. The van der Waals surface area contributed by atoms with Crippen LogP contribution in [0.1, 0.15) is 39.2 Å². The molecule has 6 heteroatoms. The molecule has 0 bridgehead atoms. The minimum atomic E-state index is -0.662. The molecule has 6 nitrogen and oxygen atoms in total. The van der Waals surface area contributed by atoms with Gasteiger partial charge in [0.15, 0.2) is 0 Å². The molecular weight excluding hydrogens is 320 g/mol. The van der Waals surface area contributed by atoms with Crippen LogP contribution in [0.15, 0.2) is 41.6 Å². The third-order valence-corrected chi connectivity index (χ3v) is 4.11. The zero-order valence-electron chi connectivity index (χ0n) is 14.7. The van der Waals surface area contributed by atoms with Crippen molar-refractivity contribution in [1.29, 1.82) is 0 Å². The van der Waals surface area contributed by atoms with Gasteiger partial charge in [-0.2, -0.15) is 0 Å². The topological polar surface area (TPSA) is 66.9 Å². The molecule has 0 spiro atoms. The Bertz CT molecular complexity index is 746. The van der Waals surface area contributed by atoms with Crippen molar-refractivity contribution in [2.45, 2.75) is 45.8 Å². The van der Waals surface area contributed by atoms with Crippen LogP contribution in [0.4, 0.5) is 4.79 Å². The van der Waals surface area contributed by atoms with Crippen LogP contribution >= 0.6 is 0 Å². The van der Waals surface area contributed by atoms with E-state index in [4.69, 9.17) is 4.74 Å². The van der Waals surface area contributed by atoms with E-state index < -0.39 is 17.6 Å². The van der Waals surface area contributed by atoms with Gasteiger partial charge in [0.1, 0.15) is 11.3 Å². The van der Waals surface area contributed by atoms with E-state index in [0.717, 1.165) is 5.56 Å². The number of imide groups is 1. The minimum absolute atomic E-state index is 0.182. The predicted octanol–water partition coefficient (Wildman–Crippen LogP) is 2.84. The molecular formula is C19H22N2O4. The van der Waals surface area contributed by atoms with Crippen molar-refractivity contribution < 1.29 is 19.1 Å². The van der Waals surface area contributed by atoms with Gasteiger partial charge in [-0.1, -0.05) is 30.3 Å². The fraction of sp³-hybridized carbons (Fsp3) is 0.421. The van der Waals surface area contributed by atoms with Crippen molar-refractivity contribution in [3.63, 3.8) is 0 Å². The predicted molar refractivity (Wildman–Crippen MR) is 91.2 cm³/mol. The quantitative estimate of drug-likeness (QED) is 0.775. The minimum Gasteiger partial charge on any atom is -0.443 e. The summed E-state index contributed by atoms with van der Waals surface area (Å²) in [4.78, 5) is 40.5. The van der Waals surface area contributed by atoms with Gasteiger partial charge in [0.2, 0.25) is 0 Å². The second-order valence-corrected chi connectivity index (χ2v) is 7.24. The summed E-state index contributed by atoms with van der Waals surface area (Å²) >= 11 is 0. The number of rotatable bonds is 2. The molecule has 3 amide bonds. The SMILES string of the molecule is CC(C)(C)OC(=O)N1CCCC2=C1C(=O)N(Cc1ccccc1)C2=O. The molecule has 1 aromatic carbocycles. The Balaban J connectivity index is 1.85. The largest absolute Gasteiger partial charge is 0.443 e. The molecule has 0 radical (unpaired) electrons. The molecule has 0 saturated carbocycles. The summed E-state index contributed by atoms with van der Waals surface area (Å²) in [6.07, 6.45) is 0.559. The number of carbonyl (C=O) groups is 3. The molecule has 2 aliphatic rings. The fourth-order valence-corrected chi connectivity index (χ4v) is 3.05. The highest BCUT2D eigenvalue weighted by atomic mass is 16.6. The van der Waals surface area contributed by atoms with Gasteiger partial charge in [0.05, 0.1) is 6.54 Å². The van der Waals surface area contributed by atoms with Gasteiger partial charge < -0.3 is 4.74 Å². The van der Waals surface area contributed by atoms with Gasteiger partial charge in [-0.15, -0.1) is 0 Å². The highest BCUT2D eigenvalue weighted by Crippen LogP contribution is 2.33. The first kappa shape index (κ1) is 17.2. The maximum absolute atomic E-state index is 12.8. The van der Waals surface area contributed by atoms with Crippen molar-refractivity contribution in [1.82, 2.24) is 9.80 Å². The first-order chi connectivity index (χ1) is 11.8. The number of amides is 3. The molecule has 0 aliphatic carbocycles. The molecule has 0 unspecified atom stereocenters. The first-order valence-corrected chi connectivity index (χ1v) is 8.42. The molecule has 25 heavy (non-hydrogen) atoms. The molecule has 0 fully saturated rings. The molecule has 2 aliphatic heterocycles. The van der Waals surface area contributed by atoms with Crippen molar-refractivity contribution in [3.05, 3.63) is 47.2 Å². The van der Waals surface area contributed by atoms with Crippen LogP contribution in [-0.4, -0.2) is 39.9 Å². The van der Waals surface area contributed by atoms with Gasteiger partial charge >= 0.3 is 6.09 Å².